The zero-order valence-corrected chi connectivity index (χ0v) is 15.2. The molecule has 0 spiro atoms. The van der Waals surface area contributed by atoms with Gasteiger partial charge < -0.3 is 14.4 Å². The molecule has 0 aliphatic heterocycles. The Labute approximate surface area is 146 Å². The topological polar surface area (TPSA) is 94.2 Å². The van der Waals surface area contributed by atoms with Crippen LogP contribution in [-0.2, 0) is 19.2 Å². The first-order chi connectivity index (χ1) is 12.0. The number of hydrogen-bond acceptors (Lipinski definition) is 8. The van der Waals surface area contributed by atoms with E-state index in [1.54, 1.807) is 32.9 Å². The molecular formula is C17H22N4O4. The van der Waals surface area contributed by atoms with E-state index in [-0.39, 0.29) is 5.71 Å². The Morgan fingerprint density at radius 2 is 1.44 bits per heavy atom. The quantitative estimate of drug-likeness (QED) is 0.430. The summed E-state index contributed by atoms with van der Waals surface area (Å²) in [6.07, 6.45) is 0. The molecule has 0 amide bonds. The summed E-state index contributed by atoms with van der Waals surface area (Å²) in [5.74, 6) is -0.607. The number of methoxy groups -OCH3 is 1. The molecule has 0 heterocycles. The van der Waals surface area contributed by atoms with E-state index in [0.717, 1.165) is 0 Å². The Bertz CT molecular complexity index is 736. The van der Waals surface area contributed by atoms with Crippen LogP contribution in [0.2, 0.25) is 0 Å². The monoisotopic (exact) mass is 346 g/mol. The minimum absolute atomic E-state index is 0.0491. The lowest BCUT2D eigenvalue weighted by Crippen LogP contribution is -2.20. The van der Waals surface area contributed by atoms with Crippen LogP contribution in [0.25, 0.3) is 0 Å². The van der Waals surface area contributed by atoms with Crippen molar-refractivity contribution < 1.29 is 19.2 Å². The largest absolute Gasteiger partial charge is 0.464 e. The number of hydrogen-bond donors (Lipinski definition) is 0. The minimum atomic E-state index is -0.607. The molecule has 1 aromatic rings. The van der Waals surface area contributed by atoms with Crippen molar-refractivity contribution in [1.29, 1.82) is 0 Å². The number of oxime groups is 2. The van der Waals surface area contributed by atoms with Crippen LogP contribution < -0.4 is 0 Å². The summed E-state index contributed by atoms with van der Waals surface area (Å²) in [5, 5.41) is 15.9. The molecule has 0 aliphatic carbocycles. The summed E-state index contributed by atoms with van der Waals surface area (Å²) < 4.78 is 4.76. The molecule has 0 atom stereocenters. The van der Waals surface area contributed by atoms with Crippen molar-refractivity contribution in [3.05, 3.63) is 35.4 Å². The Hall–Kier alpha value is -3.03. The van der Waals surface area contributed by atoms with E-state index in [0.29, 0.717) is 28.3 Å². The summed E-state index contributed by atoms with van der Waals surface area (Å²) in [6.45, 7) is 5.31. The smallest absolute Gasteiger partial charge is 0.360 e. The molecular weight excluding hydrogens is 324 g/mol. The van der Waals surface area contributed by atoms with Crippen LogP contribution in [0.4, 0.5) is 0 Å². The third-order valence-corrected chi connectivity index (χ3v) is 3.24. The van der Waals surface area contributed by atoms with Crippen LogP contribution in [0.5, 0.6) is 0 Å². The number of ether oxygens (including phenoxy) is 1. The highest BCUT2D eigenvalue weighted by molar-refractivity contribution is 6.44. The van der Waals surface area contributed by atoms with E-state index in [1.807, 2.05) is 12.1 Å². The molecule has 134 valence electrons. The van der Waals surface area contributed by atoms with Gasteiger partial charge in [-0.3, -0.25) is 0 Å². The van der Waals surface area contributed by atoms with E-state index in [1.165, 1.54) is 21.3 Å². The van der Waals surface area contributed by atoms with Gasteiger partial charge in [-0.15, -0.1) is 0 Å². The van der Waals surface area contributed by atoms with E-state index in [2.05, 4.69) is 20.5 Å². The predicted octanol–water partition coefficient (Wildman–Crippen LogP) is 2.42. The molecule has 8 nitrogen and oxygen atoms in total. The Kier molecular flexibility index (Phi) is 7.98. The zero-order valence-electron chi connectivity index (χ0n) is 15.2. The number of nitrogens with zero attached hydrogens (tertiary/aromatic N) is 4. The van der Waals surface area contributed by atoms with Crippen molar-refractivity contribution in [3.63, 3.8) is 0 Å². The van der Waals surface area contributed by atoms with Gasteiger partial charge in [0.25, 0.3) is 0 Å². The Morgan fingerprint density at radius 3 is 2.00 bits per heavy atom. The molecule has 0 saturated carbocycles. The minimum Gasteiger partial charge on any atom is -0.464 e. The van der Waals surface area contributed by atoms with Crippen molar-refractivity contribution in [2.75, 3.05) is 21.3 Å². The predicted molar refractivity (Wildman–Crippen MR) is 97.4 cm³/mol. The van der Waals surface area contributed by atoms with Crippen LogP contribution in [0.15, 0.2) is 44.8 Å². The van der Waals surface area contributed by atoms with Crippen molar-refractivity contribution in [1.82, 2.24) is 0 Å². The highest BCUT2D eigenvalue weighted by Gasteiger charge is 2.20. The van der Waals surface area contributed by atoms with E-state index in [9.17, 15) is 4.79 Å². The Balaban J connectivity index is 3.33. The molecule has 0 N–H and O–H groups in total. The van der Waals surface area contributed by atoms with Crippen molar-refractivity contribution in [2.45, 2.75) is 20.8 Å². The first kappa shape index (κ1) is 20.0. The molecule has 8 heteroatoms. The lowest BCUT2D eigenvalue weighted by molar-refractivity contribution is -0.132. The molecule has 0 bridgehead atoms. The van der Waals surface area contributed by atoms with Crippen molar-refractivity contribution >= 4 is 28.8 Å². The maximum absolute atomic E-state index is 12.0. The van der Waals surface area contributed by atoms with Crippen LogP contribution in [0.1, 0.15) is 31.9 Å². The van der Waals surface area contributed by atoms with Crippen LogP contribution in [-0.4, -0.2) is 50.1 Å². The van der Waals surface area contributed by atoms with Crippen LogP contribution in [0, 0.1) is 0 Å². The molecule has 0 radical (unpaired) electrons. The molecule has 1 aromatic carbocycles. The first-order valence-corrected chi connectivity index (χ1v) is 7.42. The van der Waals surface area contributed by atoms with Gasteiger partial charge in [0, 0.05) is 11.1 Å². The van der Waals surface area contributed by atoms with Gasteiger partial charge >= 0.3 is 5.97 Å². The third kappa shape index (κ3) is 5.52. The molecule has 1 rings (SSSR count). The molecule has 0 aliphatic rings. The zero-order chi connectivity index (χ0) is 18.8. The molecule has 0 unspecified atom stereocenters. The van der Waals surface area contributed by atoms with Gasteiger partial charge in [0.1, 0.15) is 14.2 Å². The number of rotatable bonds is 7. The second-order valence-corrected chi connectivity index (χ2v) is 4.89. The van der Waals surface area contributed by atoms with Gasteiger partial charge in [-0.05, 0) is 20.8 Å². The maximum atomic E-state index is 12.0. The van der Waals surface area contributed by atoms with Gasteiger partial charge in [-0.2, -0.15) is 10.2 Å². The summed E-state index contributed by atoms with van der Waals surface area (Å²) >= 11 is 0. The highest BCUT2D eigenvalue weighted by Crippen LogP contribution is 2.13. The summed E-state index contributed by atoms with van der Waals surface area (Å²) in [7, 11) is 4.10. The second-order valence-electron chi connectivity index (χ2n) is 4.89. The normalized spacial score (nSPS) is 13.5. The van der Waals surface area contributed by atoms with E-state index in [4.69, 9.17) is 14.4 Å². The van der Waals surface area contributed by atoms with Crippen LogP contribution >= 0.6 is 0 Å². The summed E-state index contributed by atoms with van der Waals surface area (Å²) in [6, 6.07) is 7.15. The molecule has 0 fully saturated rings. The maximum Gasteiger partial charge on any atom is 0.360 e. The van der Waals surface area contributed by atoms with Crippen LogP contribution in [0.3, 0.4) is 0 Å². The van der Waals surface area contributed by atoms with Gasteiger partial charge in [0.05, 0.1) is 24.2 Å². The van der Waals surface area contributed by atoms with E-state index < -0.39 is 5.97 Å². The molecule has 0 aromatic heterocycles. The van der Waals surface area contributed by atoms with Crippen molar-refractivity contribution in [3.8, 4) is 0 Å². The Morgan fingerprint density at radius 1 is 0.840 bits per heavy atom. The van der Waals surface area contributed by atoms with Gasteiger partial charge in [-0.25, -0.2) is 4.79 Å². The third-order valence-electron chi connectivity index (χ3n) is 3.24. The van der Waals surface area contributed by atoms with Gasteiger partial charge in [-0.1, -0.05) is 34.6 Å². The molecule has 0 saturated heterocycles. The van der Waals surface area contributed by atoms with Gasteiger partial charge in [0.2, 0.25) is 0 Å². The van der Waals surface area contributed by atoms with Crippen molar-refractivity contribution in [2.24, 2.45) is 20.5 Å². The first-order valence-electron chi connectivity index (χ1n) is 7.42. The lowest BCUT2D eigenvalue weighted by atomic mass is 10.00. The number of carbonyl (C=O) groups excluding carboxylic acids is 1. The molecule has 25 heavy (non-hydrogen) atoms. The van der Waals surface area contributed by atoms with E-state index >= 15 is 0 Å². The number of carbonyl (C=O) groups is 1. The SMILES string of the molecule is CO/N=C(C)/C(C)=N/N=C(\C)c1ccccc1/C(=N\OC)C(=O)OC. The summed E-state index contributed by atoms with van der Waals surface area (Å²) in [4.78, 5) is 21.4. The summed E-state index contributed by atoms with van der Waals surface area (Å²) in [5.41, 5.74) is 3.08. The fourth-order valence-electron chi connectivity index (χ4n) is 1.87. The van der Waals surface area contributed by atoms with Gasteiger partial charge in [0.15, 0.2) is 5.71 Å². The average molecular weight is 346 g/mol. The number of esters is 1. The standard InChI is InChI=1S/C17H22N4O4/c1-11(12(2)20-24-5)18-19-13(3)14-9-7-8-10-15(14)16(21-25-6)17(22)23-4/h7-10H,1-6H3/b18-11+,19-13+,20-12+,21-16+. The lowest BCUT2D eigenvalue weighted by Gasteiger charge is -2.09. The fraction of sp³-hybridized carbons (Fsp3) is 0.353. The average Bonchev–Trinajstić information content (AvgIpc) is 2.63. The highest BCUT2D eigenvalue weighted by atomic mass is 16.6. The second kappa shape index (κ2) is 9.96. The fourth-order valence-corrected chi connectivity index (χ4v) is 1.87. The number of benzene rings is 1.